The minimum Gasteiger partial charge on any atom is -0.343 e. The maximum absolute atomic E-state index is 11.8. The van der Waals surface area contributed by atoms with Crippen LogP contribution in [0.1, 0.15) is 47.0 Å². The molecule has 0 rings (SSSR count). The summed E-state index contributed by atoms with van der Waals surface area (Å²) in [4.78, 5) is 13.7. The molecule has 0 radical (unpaired) electrons. The molecule has 0 aromatic heterocycles. The molecule has 0 heterocycles. The van der Waals surface area contributed by atoms with Gasteiger partial charge in [0.15, 0.2) is 0 Å². The average Bonchev–Trinajstić information content (AvgIpc) is 2.17. The van der Waals surface area contributed by atoms with Crippen molar-refractivity contribution in [2.45, 2.75) is 59.0 Å². The highest BCUT2D eigenvalue weighted by molar-refractivity contribution is 5.76. The first-order valence-electron chi connectivity index (χ1n) is 6.01. The predicted molar refractivity (Wildman–Crippen MR) is 64.9 cm³/mol. The van der Waals surface area contributed by atoms with Crippen LogP contribution in [-0.4, -0.2) is 36.5 Å². The Morgan fingerprint density at radius 2 is 1.93 bits per heavy atom. The van der Waals surface area contributed by atoms with Crippen molar-refractivity contribution in [2.75, 3.05) is 13.6 Å². The molecule has 3 nitrogen and oxygen atoms in total. The fraction of sp³-hybridized carbons (Fsp3) is 0.917. The van der Waals surface area contributed by atoms with Gasteiger partial charge < -0.3 is 10.2 Å². The third-order valence-electron chi connectivity index (χ3n) is 2.79. The van der Waals surface area contributed by atoms with Gasteiger partial charge in [-0.1, -0.05) is 20.3 Å². The van der Waals surface area contributed by atoms with E-state index in [0.717, 1.165) is 19.4 Å². The van der Waals surface area contributed by atoms with Crippen LogP contribution in [0.15, 0.2) is 0 Å². The van der Waals surface area contributed by atoms with Crippen LogP contribution in [0.3, 0.4) is 0 Å². The average molecular weight is 214 g/mol. The molecular weight excluding hydrogens is 188 g/mol. The second kappa shape index (κ2) is 7.69. The Bertz CT molecular complexity index is 182. The predicted octanol–water partition coefficient (Wildman–Crippen LogP) is 2.02. The number of hydrogen-bond donors (Lipinski definition) is 1. The fourth-order valence-electron chi connectivity index (χ4n) is 1.68. The summed E-state index contributed by atoms with van der Waals surface area (Å²) in [5.41, 5.74) is 0. The van der Waals surface area contributed by atoms with Crippen LogP contribution in [-0.2, 0) is 4.79 Å². The number of nitrogens with one attached hydrogen (secondary N) is 1. The zero-order valence-electron chi connectivity index (χ0n) is 10.8. The van der Waals surface area contributed by atoms with Crippen molar-refractivity contribution in [3.63, 3.8) is 0 Å². The van der Waals surface area contributed by atoms with E-state index in [2.05, 4.69) is 33.0 Å². The molecule has 0 saturated heterocycles. The van der Waals surface area contributed by atoms with Gasteiger partial charge in [-0.3, -0.25) is 4.79 Å². The largest absolute Gasteiger partial charge is 0.343 e. The van der Waals surface area contributed by atoms with Crippen molar-refractivity contribution < 1.29 is 4.79 Å². The Kier molecular flexibility index (Phi) is 7.39. The Balaban J connectivity index is 3.97. The minimum atomic E-state index is 0.240. The van der Waals surface area contributed by atoms with Gasteiger partial charge in [0.05, 0.1) is 0 Å². The lowest BCUT2D eigenvalue weighted by molar-refractivity contribution is -0.132. The molecule has 0 aromatic rings. The van der Waals surface area contributed by atoms with E-state index in [1.165, 1.54) is 0 Å². The van der Waals surface area contributed by atoms with Crippen LogP contribution >= 0.6 is 0 Å². The summed E-state index contributed by atoms with van der Waals surface area (Å²) in [5, 5.41) is 3.25. The van der Waals surface area contributed by atoms with Gasteiger partial charge >= 0.3 is 0 Å². The Labute approximate surface area is 94.2 Å². The molecule has 15 heavy (non-hydrogen) atoms. The van der Waals surface area contributed by atoms with Crippen LogP contribution in [0, 0.1) is 0 Å². The van der Waals surface area contributed by atoms with Crippen molar-refractivity contribution in [1.29, 1.82) is 0 Å². The molecule has 1 amide bonds. The van der Waals surface area contributed by atoms with Gasteiger partial charge in [0.2, 0.25) is 5.91 Å². The Hall–Kier alpha value is -0.570. The van der Waals surface area contributed by atoms with E-state index >= 15 is 0 Å². The van der Waals surface area contributed by atoms with Gasteiger partial charge in [-0.05, 0) is 26.8 Å². The molecule has 0 aromatic carbocycles. The zero-order chi connectivity index (χ0) is 11.8. The Morgan fingerprint density at radius 1 is 1.33 bits per heavy atom. The lowest BCUT2D eigenvalue weighted by Gasteiger charge is -2.26. The molecule has 1 N–H and O–H groups in total. The number of amides is 1. The van der Waals surface area contributed by atoms with Crippen molar-refractivity contribution in [3.05, 3.63) is 0 Å². The number of hydrogen-bond acceptors (Lipinski definition) is 2. The van der Waals surface area contributed by atoms with Gasteiger partial charge in [-0.25, -0.2) is 0 Å². The molecule has 2 atom stereocenters. The van der Waals surface area contributed by atoms with Crippen molar-refractivity contribution >= 4 is 5.91 Å². The van der Waals surface area contributed by atoms with Crippen molar-refractivity contribution in [2.24, 2.45) is 0 Å². The second-order valence-corrected chi connectivity index (χ2v) is 4.31. The van der Waals surface area contributed by atoms with Crippen LogP contribution in [0.2, 0.25) is 0 Å². The van der Waals surface area contributed by atoms with Crippen molar-refractivity contribution in [1.82, 2.24) is 10.2 Å². The lowest BCUT2D eigenvalue weighted by atomic mass is 10.1. The highest BCUT2D eigenvalue weighted by Gasteiger charge is 2.16. The summed E-state index contributed by atoms with van der Waals surface area (Å²) < 4.78 is 0. The summed E-state index contributed by atoms with van der Waals surface area (Å²) in [5.74, 6) is 0.240. The molecule has 0 saturated carbocycles. The molecule has 0 spiro atoms. The lowest BCUT2D eigenvalue weighted by Crippen LogP contribution is -2.39. The van der Waals surface area contributed by atoms with Crippen molar-refractivity contribution in [3.8, 4) is 0 Å². The first kappa shape index (κ1) is 14.4. The van der Waals surface area contributed by atoms with Crippen LogP contribution in [0.25, 0.3) is 0 Å². The highest BCUT2D eigenvalue weighted by Crippen LogP contribution is 2.06. The fourth-order valence-corrected chi connectivity index (χ4v) is 1.68. The molecule has 2 unspecified atom stereocenters. The number of rotatable bonds is 7. The first-order valence-corrected chi connectivity index (χ1v) is 6.01. The molecule has 3 heteroatoms. The monoisotopic (exact) mass is 214 g/mol. The number of nitrogens with zero attached hydrogens (tertiary/aromatic N) is 1. The van der Waals surface area contributed by atoms with Gasteiger partial charge in [0, 0.05) is 25.6 Å². The summed E-state index contributed by atoms with van der Waals surface area (Å²) >= 11 is 0. The summed E-state index contributed by atoms with van der Waals surface area (Å²) in [6.07, 6.45) is 2.80. The third-order valence-corrected chi connectivity index (χ3v) is 2.79. The topological polar surface area (TPSA) is 32.3 Å². The van der Waals surface area contributed by atoms with E-state index in [9.17, 15) is 4.79 Å². The van der Waals surface area contributed by atoms with Crippen LogP contribution in [0.5, 0.6) is 0 Å². The molecule has 90 valence electrons. The number of carbonyl (C=O) groups excluding carboxylic acids is 1. The number of carbonyl (C=O) groups is 1. The van der Waals surface area contributed by atoms with Gasteiger partial charge in [0.25, 0.3) is 0 Å². The quantitative estimate of drug-likeness (QED) is 0.703. The van der Waals surface area contributed by atoms with E-state index < -0.39 is 0 Å². The normalized spacial score (nSPS) is 14.7. The summed E-state index contributed by atoms with van der Waals surface area (Å²) in [6, 6.07) is 0.634. The van der Waals surface area contributed by atoms with E-state index in [-0.39, 0.29) is 11.9 Å². The van der Waals surface area contributed by atoms with Crippen LogP contribution in [0.4, 0.5) is 0 Å². The Morgan fingerprint density at radius 3 is 2.40 bits per heavy atom. The SMILES string of the molecule is CCCC(C)N(C)C(=O)CC(C)NCC. The molecule has 0 aliphatic heterocycles. The van der Waals surface area contributed by atoms with E-state index in [1.54, 1.807) is 0 Å². The van der Waals surface area contributed by atoms with E-state index in [1.807, 2.05) is 11.9 Å². The third kappa shape index (κ3) is 5.78. The molecular formula is C12H26N2O. The van der Waals surface area contributed by atoms with Crippen LogP contribution < -0.4 is 5.32 Å². The second-order valence-electron chi connectivity index (χ2n) is 4.31. The molecule has 0 aliphatic carbocycles. The first-order chi connectivity index (χ1) is 7.02. The smallest absolute Gasteiger partial charge is 0.224 e. The minimum absolute atomic E-state index is 0.240. The highest BCUT2D eigenvalue weighted by atomic mass is 16.2. The zero-order valence-corrected chi connectivity index (χ0v) is 10.8. The van der Waals surface area contributed by atoms with Gasteiger partial charge in [0.1, 0.15) is 0 Å². The van der Waals surface area contributed by atoms with Gasteiger partial charge in [-0.15, -0.1) is 0 Å². The summed E-state index contributed by atoms with van der Waals surface area (Å²) in [6.45, 7) is 9.29. The standard InChI is InChI=1S/C12H26N2O/c1-6-8-11(4)14(5)12(15)9-10(3)13-7-2/h10-11,13H,6-9H2,1-5H3. The maximum atomic E-state index is 11.8. The van der Waals surface area contributed by atoms with E-state index in [4.69, 9.17) is 0 Å². The molecule has 0 aliphatic rings. The summed E-state index contributed by atoms with van der Waals surface area (Å²) in [7, 11) is 1.90. The molecule has 0 fully saturated rings. The maximum Gasteiger partial charge on any atom is 0.224 e. The molecule has 0 bridgehead atoms. The van der Waals surface area contributed by atoms with Gasteiger partial charge in [-0.2, -0.15) is 0 Å². The van der Waals surface area contributed by atoms with E-state index in [0.29, 0.717) is 12.5 Å².